The SMILES string of the molecule is Cc1ccc([N+](=O)[O-])cc1-c1ccc(C=C2C(=O)NC(=O)N(C)C2=O)o1. The molecule has 1 fully saturated rings. The predicted octanol–water partition coefficient (Wildman–Crippen LogP) is 2.25. The Morgan fingerprint density at radius 3 is 2.62 bits per heavy atom. The van der Waals surface area contributed by atoms with Crippen LogP contribution in [0.5, 0.6) is 0 Å². The van der Waals surface area contributed by atoms with Crippen molar-refractivity contribution in [3.8, 4) is 11.3 Å². The molecule has 1 saturated heterocycles. The molecule has 0 radical (unpaired) electrons. The molecule has 4 amide bonds. The van der Waals surface area contributed by atoms with Crippen LogP contribution in [-0.2, 0) is 9.59 Å². The number of non-ortho nitro benzene ring substituents is 1. The molecule has 9 nitrogen and oxygen atoms in total. The van der Waals surface area contributed by atoms with Gasteiger partial charge < -0.3 is 4.42 Å². The fourth-order valence-corrected chi connectivity index (χ4v) is 2.45. The first-order valence-corrected chi connectivity index (χ1v) is 7.48. The molecular weight excluding hydrogens is 342 g/mol. The number of nitrogens with one attached hydrogen (secondary N) is 1. The number of aryl methyl sites for hydroxylation is 1. The van der Waals surface area contributed by atoms with Crippen molar-refractivity contribution in [2.24, 2.45) is 0 Å². The van der Waals surface area contributed by atoms with Crippen molar-refractivity contribution in [2.75, 3.05) is 7.05 Å². The maximum atomic E-state index is 12.1. The van der Waals surface area contributed by atoms with E-state index in [-0.39, 0.29) is 17.0 Å². The van der Waals surface area contributed by atoms with Gasteiger partial charge in [-0.1, -0.05) is 6.07 Å². The Bertz CT molecular complexity index is 988. The molecule has 0 atom stereocenters. The number of rotatable bonds is 3. The minimum absolute atomic E-state index is 0.0797. The Morgan fingerprint density at radius 1 is 1.19 bits per heavy atom. The highest BCUT2D eigenvalue weighted by Gasteiger charge is 2.33. The van der Waals surface area contributed by atoms with Crippen LogP contribution in [-0.4, -0.2) is 34.7 Å². The summed E-state index contributed by atoms with van der Waals surface area (Å²) in [6.07, 6.45) is 1.22. The van der Waals surface area contributed by atoms with Gasteiger partial charge in [0.15, 0.2) is 0 Å². The molecule has 0 aliphatic carbocycles. The number of hydrogen-bond donors (Lipinski definition) is 1. The molecule has 2 heterocycles. The van der Waals surface area contributed by atoms with Crippen molar-refractivity contribution >= 4 is 29.6 Å². The van der Waals surface area contributed by atoms with Gasteiger partial charge in [-0.2, -0.15) is 0 Å². The lowest BCUT2D eigenvalue weighted by Gasteiger charge is -2.21. The molecule has 1 aromatic carbocycles. The van der Waals surface area contributed by atoms with Crippen LogP contribution in [0.25, 0.3) is 17.4 Å². The van der Waals surface area contributed by atoms with E-state index in [1.54, 1.807) is 19.1 Å². The quantitative estimate of drug-likeness (QED) is 0.390. The lowest BCUT2D eigenvalue weighted by Crippen LogP contribution is -2.52. The van der Waals surface area contributed by atoms with E-state index in [1.807, 2.05) is 5.32 Å². The van der Waals surface area contributed by atoms with E-state index in [0.717, 1.165) is 10.5 Å². The van der Waals surface area contributed by atoms with E-state index in [2.05, 4.69) is 0 Å². The van der Waals surface area contributed by atoms with E-state index < -0.39 is 22.8 Å². The Hall–Kier alpha value is -3.75. The van der Waals surface area contributed by atoms with Gasteiger partial charge in [0.05, 0.1) is 4.92 Å². The minimum Gasteiger partial charge on any atom is -0.457 e. The number of hydrogen-bond acceptors (Lipinski definition) is 6. The second-order valence-corrected chi connectivity index (χ2v) is 5.64. The molecule has 1 aliphatic rings. The fraction of sp³-hybridized carbons (Fsp3) is 0.118. The molecule has 0 spiro atoms. The number of furan rings is 1. The summed E-state index contributed by atoms with van der Waals surface area (Å²) in [5, 5.41) is 13.0. The highest BCUT2D eigenvalue weighted by molar-refractivity contribution is 6.30. The Morgan fingerprint density at radius 2 is 1.92 bits per heavy atom. The molecule has 132 valence electrons. The lowest BCUT2D eigenvalue weighted by atomic mass is 10.1. The summed E-state index contributed by atoms with van der Waals surface area (Å²) in [7, 11) is 1.25. The number of imide groups is 2. The average Bonchev–Trinajstić information content (AvgIpc) is 3.05. The second-order valence-electron chi connectivity index (χ2n) is 5.64. The van der Waals surface area contributed by atoms with E-state index in [1.165, 1.54) is 31.3 Å². The summed E-state index contributed by atoms with van der Waals surface area (Å²) in [6, 6.07) is 6.69. The van der Waals surface area contributed by atoms with Crippen LogP contribution in [0, 0.1) is 17.0 Å². The molecule has 2 aromatic rings. The zero-order valence-electron chi connectivity index (χ0n) is 13.8. The Labute approximate surface area is 147 Å². The number of urea groups is 1. The normalized spacial score (nSPS) is 16.2. The van der Waals surface area contributed by atoms with Crippen LogP contribution in [0.15, 0.2) is 40.3 Å². The standard InChI is InChI=1S/C17H13N3O6/c1-9-3-4-10(20(24)25)7-12(9)14-6-5-11(26-14)8-13-15(21)18-17(23)19(2)16(13)22/h3-8H,1-2H3,(H,18,21,23). The number of likely N-dealkylation sites (N-methyl/N-ethyl adjacent to an activating group) is 1. The van der Waals surface area contributed by atoms with Gasteiger partial charge in [-0.05, 0) is 30.7 Å². The first-order chi connectivity index (χ1) is 12.3. The first-order valence-electron chi connectivity index (χ1n) is 7.48. The maximum absolute atomic E-state index is 12.1. The number of nitro groups is 1. The largest absolute Gasteiger partial charge is 0.457 e. The Balaban J connectivity index is 1.97. The fourth-order valence-electron chi connectivity index (χ4n) is 2.45. The van der Waals surface area contributed by atoms with Crippen LogP contribution in [0.3, 0.4) is 0 Å². The Kier molecular flexibility index (Phi) is 4.13. The van der Waals surface area contributed by atoms with Crippen molar-refractivity contribution < 1.29 is 23.7 Å². The van der Waals surface area contributed by atoms with Gasteiger partial charge in [0.1, 0.15) is 17.1 Å². The molecule has 26 heavy (non-hydrogen) atoms. The molecule has 1 aliphatic heterocycles. The van der Waals surface area contributed by atoms with Crippen molar-refractivity contribution in [3.63, 3.8) is 0 Å². The summed E-state index contributed by atoms with van der Waals surface area (Å²) < 4.78 is 5.61. The maximum Gasteiger partial charge on any atom is 0.331 e. The monoisotopic (exact) mass is 355 g/mol. The van der Waals surface area contributed by atoms with Gasteiger partial charge in [0, 0.05) is 24.7 Å². The number of benzene rings is 1. The predicted molar refractivity (Wildman–Crippen MR) is 89.8 cm³/mol. The first kappa shape index (κ1) is 17.1. The summed E-state index contributed by atoms with van der Waals surface area (Å²) >= 11 is 0. The molecule has 0 bridgehead atoms. The van der Waals surface area contributed by atoms with Gasteiger partial charge in [-0.3, -0.25) is 29.9 Å². The summed E-state index contributed by atoms with van der Waals surface area (Å²) in [4.78, 5) is 46.5. The third kappa shape index (κ3) is 2.97. The number of nitro benzene ring substituents is 1. The molecule has 9 heteroatoms. The van der Waals surface area contributed by atoms with Gasteiger partial charge in [-0.15, -0.1) is 0 Å². The zero-order chi connectivity index (χ0) is 19.0. The van der Waals surface area contributed by atoms with Gasteiger partial charge in [0.25, 0.3) is 17.5 Å². The van der Waals surface area contributed by atoms with E-state index in [4.69, 9.17) is 4.42 Å². The summed E-state index contributed by atoms with van der Waals surface area (Å²) in [6.45, 7) is 1.78. The van der Waals surface area contributed by atoms with E-state index in [0.29, 0.717) is 11.3 Å². The van der Waals surface area contributed by atoms with E-state index >= 15 is 0 Å². The number of barbiturate groups is 1. The van der Waals surface area contributed by atoms with Crippen LogP contribution >= 0.6 is 0 Å². The summed E-state index contributed by atoms with van der Waals surface area (Å²) in [5.41, 5.74) is 0.962. The minimum atomic E-state index is -0.817. The number of amides is 4. The third-order valence-corrected chi connectivity index (χ3v) is 3.92. The van der Waals surface area contributed by atoms with Crippen LogP contribution in [0.4, 0.5) is 10.5 Å². The highest BCUT2D eigenvalue weighted by Crippen LogP contribution is 2.30. The van der Waals surface area contributed by atoms with Gasteiger partial charge in [-0.25, -0.2) is 4.79 Å². The number of carbonyl (C=O) groups excluding carboxylic acids is 3. The van der Waals surface area contributed by atoms with Crippen molar-refractivity contribution in [2.45, 2.75) is 6.92 Å². The lowest BCUT2D eigenvalue weighted by molar-refractivity contribution is -0.384. The number of nitrogens with zero attached hydrogens (tertiary/aromatic N) is 2. The summed E-state index contributed by atoms with van der Waals surface area (Å²) in [5.74, 6) is -1.01. The van der Waals surface area contributed by atoms with Crippen molar-refractivity contribution in [3.05, 3.63) is 57.3 Å². The van der Waals surface area contributed by atoms with Crippen molar-refractivity contribution in [1.29, 1.82) is 0 Å². The highest BCUT2D eigenvalue weighted by atomic mass is 16.6. The van der Waals surface area contributed by atoms with Crippen LogP contribution in [0.2, 0.25) is 0 Å². The smallest absolute Gasteiger partial charge is 0.331 e. The third-order valence-electron chi connectivity index (χ3n) is 3.92. The van der Waals surface area contributed by atoms with Crippen molar-refractivity contribution in [1.82, 2.24) is 10.2 Å². The van der Waals surface area contributed by atoms with Gasteiger partial charge in [0.2, 0.25) is 0 Å². The van der Waals surface area contributed by atoms with Crippen LogP contribution in [0.1, 0.15) is 11.3 Å². The molecule has 1 N–H and O–H groups in total. The van der Waals surface area contributed by atoms with Crippen LogP contribution < -0.4 is 5.32 Å². The molecule has 0 unspecified atom stereocenters. The molecule has 3 rings (SSSR count). The second kappa shape index (κ2) is 6.28. The van der Waals surface area contributed by atoms with Gasteiger partial charge >= 0.3 is 6.03 Å². The zero-order valence-corrected chi connectivity index (χ0v) is 13.8. The average molecular weight is 355 g/mol. The van der Waals surface area contributed by atoms with E-state index in [9.17, 15) is 24.5 Å². The molecular formula is C17H13N3O6. The molecule has 1 aromatic heterocycles. The number of carbonyl (C=O) groups is 3. The topological polar surface area (TPSA) is 123 Å². The molecule has 0 saturated carbocycles.